The van der Waals surface area contributed by atoms with Crippen LogP contribution in [0.1, 0.15) is 23.5 Å². The van der Waals surface area contributed by atoms with Gasteiger partial charge in [0.15, 0.2) is 16.6 Å². The van der Waals surface area contributed by atoms with E-state index in [0.717, 1.165) is 0 Å². The van der Waals surface area contributed by atoms with E-state index < -0.39 is 40.6 Å². The topological polar surface area (TPSA) is 102 Å². The molecule has 0 spiro atoms. The van der Waals surface area contributed by atoms with E-state index in [2.05, 4.69) is 15.9 Å². The van der Waals surface area contributed by atoms with Crippen LogP contribution in [-0.4, -0.2) is 78.4 Å². The van der Waals surface area contributed by atoms with Crippen LogP contribution in [-0.2, 0) is 23.9 Å². The predicted octanol–water partition coefficient (Wildman–Crippen LogP) is 1.04. The van der Waals surface area contributed by atoms with Crippen LogP contribution < -0.4 is 0 Å². The number of rotatable bonds is 5. The number of terminal acetylenes is 1. The standard InChI is InChI=1S/C25H26N4O5/c1-5-14-29-15-24(22(31)33-3)19(17-10-6-8-12-26-17)28(2)20(18-11-7-9-13-27-18)25(16-29,21(24)30)23(32)34-4/h1,6-13,19-20H,14-16H2,2-4H3/t19-,20+,24-,25+. The fourth-order valence-corrected chi connectivity index (χ4v) is 5.71. The van der Waals surface area contributed by atoms with Gasteiger partial charge in [-0.05, 0) is 31.3 Å². The summed E-state index contributed by atoms with van der Waals surface area (Å²) < 4.78 is 10.4. The lowest BCUT2D eigenvalue weighted by molar-refractivity contribution is -0.203. The minimum absolute atomic E-state index is 0.0258. The highest BCUT2D eigenvalue weighted by Gasteiger charge is 2.75. The van der Waals surface area contributed by atoms with Crippen LogP contribution in [0.2, 0.25) is 0 Å². The Bertz CT molecular complexity index is 1060. The van der Waals surface area contributed by atoms with Gasteiger partial charge in [-0.3, -0.25) is 34.2 Å². The van der Waals surface area contributed by atoms with Gasteiger partial charge in [-0.1, -0.05) is 18.1 Å². The van der Waals surface area contributed by atoms with Gasteiger partial charge in [-0.15, -0.1) is 6.42 Å². The lowest BCUT2D eigenvalue weighted by atomic mass is 9.54. The zero-order valence-corrected chi connectivity index (χ0v) is 19.3. The van der Waals surface area contributed by atoms with E-state index in [1.165, 1.54) is 14.2 Å². The molecular formula is C25H26N4O5. The van der Waals surface area contributed by atoms with E-state index in [-0.39, 0.29) is 19.6 Å². The van der Waals surface area contributed by atoms with Crippen molar-refractivity contribution in [1.82, 2.24) is 19.8 Å². The number of fused-ring (bicyclic) bond motifs is 2. The van der Waals surface area contributed by atoms with Gasteiger partial charge in [0.2, 0.25) is 0 Å². The lowest BCUT2D eigenvalue weighted by Gasteiger charge is -2.60. The maximum Gasteiger partial charge on any atom is 0.322 e. The van der Waals surface area contributed by atoms with E-state index in [1.54, 1.807) is 60.7 Å². The molecule has 0 amide bonds. The number of Topliss-reactive ketones (excluding diaryl/α,β-unsaturated/α-hetero) is 1. The maximum absolute atomic E-state index is 14.6. The number of ketones is 1. The van der Waals surface area contributed by atoms with Gasteiger partial charge >= 0.3 is 11.9 Å². The first-order chi connectivity index (χ1) is 16.4. The highest BCUT2D eigenvalue weighted by molar-refractivity contribution is 6.17. The second kappa shape index (κ2) is 8.97. The smallest absolute Gasteiger partial charge is 0.322 e. The van der Waals surface area contributed by atoms with Crippen LogP contribution >= 0.6 is 0 Å². The number of carbonyl (C=O) groups is 3. The highest BCUT2D eigenvalue weighted by atomic mass is 16.5. The van der Waals surface area contributed by atoms with Gasteiger partial charge in [0, 0.05) is 25.5 Å². The van der Waals surface area contributed by atoms with Gasteiger partial charge in [-0.2, -0.15) is 0 Å². The van der Waals surface area contributed by atoms with Gasteiger partial charge in [0.25, 0.3) is 0 Å². The van der Waals surface area contributed by atoms with Crippen LogP contribution in [0, 0.1) is 23.2 Å². The molecule has 0 saturated carbocycles. The fourth-order valence-electron chi connectivity index (χ4n) is 5.71. The molecular weight excluding hydrogens is 436 g/mol. The van der Waals surface area contributed by atoms with E-state index in [0.29, 0.717) is 11.4 Å². The van der Waals surface area contributed by atoms with Crippen molar-refractivity contribution in [3.05, 3.63) is 60.2 Å². The summed E-state index contributed by atoms with van der Waals surface area (Å²) in [6, 6.07) is 8.87. The number of pyridine rings is 2. The zero-order chi connectivity index (χ0) is 24.5. The number of nitrogens with zero attached hydrogens (tertiary/aromatic N) is 4. The molecule has 34 heavy (non-hydrogen) atoms. The van der Waals surface area contributed by atoms with Crippen molar-refractivity contribution in [2.45, 2.75) is 12.1 Å². The van der Waals surface area contributed by atoms with Gasteiger partial charge in [0.1, 0.15) is 0 Å². The fraction of sp³-hybridized carbons (Fsp3) is 0.400. The quantitative estimate of drug-likeness (QED) is 0.366. The lowest BCUT2D eigenvalue weighted by Crippen LogP contribution is -2.75. The van der Waals surface area contributed by atoms with Gasteiger partial charge in [0.05, 0.1) is 44.2 Å². The predicted molar refractivity (Wildman–Crippen MR) is 121 cm³/mol. The molecule has 0 aromatic carbocycles. The van der Waals surface area contributed by atoms with Crippen LogP contribution in [0.4, 0.5) is 0 Å². The Labute approximate surface area is 198 Å². The molecule has 4 heterocycles. The molecule has 2 aromatic rings. The number of likely N-dealkylation sites (tertiary alicyclic amines) is 2. The normalized spacial score (nSPS) is 29.2. The summed E-state index contributed by atoms with van der Waals surface area (Å²) in [5, 5.41) is 0. The van der Waals surface area contributed by atoms with Crippen LogP contribution in [0.15, 0.2) is 48.8 Å². The molecule has 4 rings (SSSR count). The summed E-state index contributed by atoms with van der Waals surface area (Å²) in [5.41, 5.74) is -2.56. The summed E-state index contributed by atoms with van der Waals surface area (Å²) in [4.78, 5) is 54.2. The van der Waals surface area contributed by atoms with Crippen molar-refractivity contribution < 1.29 is 23.9 Å². The first-order valence-electron chi connectivity index (χ1n) is 10.8. The minimum atomic E-state index is -1.77. The highest BCUT2D eigenvalue weighted by Crippen LogP contribution is 2.60. The van der Waals surface area contributed by atoms with E-state index in [9.17, 15) is 14.4 Å². The summed E-state index contributed by atoms with van der Waals surface area (Å²) in [5.74, 6) is 0.493. The Hall–Kier alpha value is -3.61. The molecule has 2 aliphatic rings. The number of hydrogen-bond donors (Lipinski definition) is 0. The molecule has 9 nitrogen and oxygen atoms in total. The Kier molecular flexibility index (Phi) is 6.21. The van der Waals surface area contributed by atoms with Gasteiger partial charge in [-0.25, -0.2) is 0 Å². The van der Waals surface area contributed by atoms with Crippen molar-refractivity contribution in [1.29, 1.82) is 0 Å². The maximum atomic E-state index is 14.6. The molecule has 0 unspecified atom stereocenters. The molecule has 2 fully saturated rings. The molecule has 2 saturated heterocycles. The molecule has 0 radical (unpaired) electrons. The van der Waals surface area contributed by atoms with Crippen molar-refractivity contribution in [3.63, 3.8) is 0 Å². The summed E-state index contributed by atoms with van der Waals surface area (Å²) >= 11 is 0. The third kappa shape index (κ3) is 3.22. The molecule has 2 aromatic heterocycles. The molecule has 2 bridgehead atoms. The second-order valence-corrected chi connectivity index (χ2v) is 8.58. The van der Waals surface area contributed by atoms with Gasteiger partial charge < -0.3 is 9.47 Å². The first-order valence-corrected chi connectivity index (χ1v) is 10.8. The monoisotopic (exact) mass is 462 g/mol. The zero-order valence-electron chi connectivity index (χ0n) is 19.3. The van der Waals surface area contributed by atoms with Crippen molar-refractivity contribution >= 4 is 17.7 Å². The number of carbonyl (C=O) groups excluding carboxylic acids is 3. The average Bonchev–Trinajstić information content (AvgIpc) is 2.86. The third-order valence-electron chi connectivity index (χ3n) is 6.85. The summed E-state index contributed by atoms with van der Waals surface area (Å²) in [6.45, 7) is 0.0717. The molecule has 0 aliphatic carbocycles. The number of hydrogen-bond acceptors (Lipinski definition) is 9. The Morgan fingerprint density at radius 2 is 1.47 bits per heavy atom. The number of ether oxygens (including phenoxy) is 2. The third-order valence-corrected chi connectivity index (χ3v) is 6.85. The summed E-state index contributed by atoms with van der Waals surface area (Å²) in [6.07, 6.45) is 8.81. The largest absolute Gasteiger partial charge is 0.468 e. The molecule has 2 aliphatic heterocycles. The Morgan fingerprint density at radius 1 is 1.00 bits per heavy atom. The van der Waals surface area contributed by atoms with Crippen molar-refractivity contribution in [3.8, 4) is 12.3 Å². The Morgan fingerprint density at radius 3 is 1.82 bits per heavy atom. The number of aromatic nitrogens is 2. The minimum Gasteiger partial charge on any atom is -0.468 e. The average molecular weight is 463 g/mol. The molecule has 0 N–H and O–H groups in total. The van der Waals surface area contributed by atoms with Crippen LogP contribution in [0.25, 0.3) is 0 Å². The van der Waals surface area contributed by atoms with Crippen LogP contribution in [0.3, 0.4) is 0 Å². The van der Waals surface area contributed by atoms with Crippen molar-refractivity contribution in [2.75, 3.05) is 40.9 Å². The molecule has 176 valence electrons. The SMILES string of the molecule is C#CCN1C[C@@]2(C(=O)OC)C(=O)[C@@](C(=O)OC)(C1)[C@@H](c1ccccn1)N(C)[C@H]2c1ccccn1. The second-order valence-electron chi connectivity index (χ2n) is 8.58. The van der Waals surface area contributed by atoms with E-state index in [1.807, 2.05) is 4.90 Å². The molecule has 9 heteroatoms. The Balaban J connectivity index is 2.08. The number of methoxy groups -OCH3 is 2. The van der Waals surface area contributed by atoms with Crippen molar-refractivity contribution in [2.24, 2.45) is 10.8 Å². The number of esters is 2. The summed E-state index contributed by atoms with van der Waals surface area (Å²) in [7, 11) is 4.21. The van der Waals surface area contributed by atoms with E-state index in [4.69, 9.17) is 15.9 Å². The van der Waals surface area contributed by atoms with Crippen LogP contribution in [0.5, 0.6) is 0 Å². The number of piperidine rings is 2. The molecule has 4 atom stereocenters. The van der Waals surface area contributed by atoms with E-state index >= 15 is 0 Å². The first kappa shape index (κ1) is 23.5.